The van der Waals surface area contributed by atoms with Gasteiger partial charge in [-0.05, 0) is 49.2 Å². The van der Waals surface area contributed by atoms with Gasteiger partial charge in [-0.3, -0.25) is 9.59 Å². The molecule has 1 N–H and O–H groups in total. The number of carbonyl (C=O) groups is 2. The molecule has 0 aliphatic carbocycles. The number of nitrogens with one attached hydrogen (secondary N) is 1. The second-order valence-electron chi connectivity index (χ2n) is 8.58. The van der Waals surface area contributed by atoms with Gasteiger partial charge >= 0.3 is 0 Å². The molecule has 182 valence electrons. The molecule has 2 aromatic rings. The quantitative estimate of drug-likeness (QED) is 0.674. The summed E-state index contributed by atoms with van der Waals surface area (Å²) in [7, 11) is -3.74. The highest BCUT2D eigenvalue weighted by Crippen LogP contribution is 2.38. The lowest BCUT2D eigenvalue weighted by Gasteiger charge is -2.27. The highest BCUT2D eigenvalue weighted by Gasteiger charge is 2.32. The number of carbonyl (C=O) groups excluding carboxylic acids is 2. The number of aryl methyl sites for hydroxylation is 1. The molecule has 0 unspecified atom stereocenters. The summed E-state index contributed by atoms with van der Waals surface area (Å²) < 4.78 is 33.1. The number of anilines is 2. The number of sulfonamides is 1. The molecular weight excluding hydrogens is 474 g/mol. The monoisotopic (exact) mass is 503 g/mol. The molecule has 1 fully saturated rings. The van der Waals surface area contributed by atoms with Gasteiger partial charge in [-0.1, -0.05) is 19.1 Å². The van der Waals surface area contributed by atoms with Crippen molar-refractivity contribution in [3.05, 3.63) is 47.5 Å². The van der Waals surface area contributed by atoms with Gasteiger partial charge in [0.05, 0.1) is 23.8 Å². The summed E-state index contributed by atoms with van der Waals surface area (Å²) in [6.07, 6.45) is 0. The molecule has 1 saturated heterocycles. The Hall–Kier alpha value is -2.40. The van der Waals surface area contributed by atoms with E-state index in [1.807, 2.05) is 39.0 Å². The second kappa shape index (κ2) is 10.1. The molecule has 2 aliphatic rings. The van der Waals surface area contributed by atoms with E-state index in [-0.39, 0.29) is 42.3 Å². The first-order chi connectivity index (χ1) is 16.2. The third-order valence-corrected chi connectivity index (χ3v) is 9.40. The molecule has 2 amide bonds. The molecule has 10 heteroatoms. The maximum absolute atomic E-state index is 13.2. The van der Waals surface area contributed by atoms with E-state index in [4.69, 9.17) is 4.74 Å². The molecule has 34 heavy (non-hydrogen) atoms. The Morgan fingerprint density at radius 1 is 1.18 bits per heavy atom. The molecule has 0 spiro atoms. The molecule has 1 atom stereocenters. The summed E-state index contributed by atoms with van der Waals surface area (Å²) in [5, 5.41) is 2.90. The molecule has 0 radical (unpaired) electrons. The number of hydrogen-bond donors (Lipinski definition) is 1. The first kappa shape index (κ1) is 24.7. The fraction of sp³-hybridized carbons (Fsp3) is 0.417. The maximum atomic E-state index is 13.2. The van der Waals surface area contributed by atoms with Crippen molar-refractivity contribution in [3.8, 4) is 0 Å². The van der Waals surface area contributed by atoms with Crippen LogP contribution in [0, 0.1) is 19.8 Å². The lowest BCUT2D eigenvalue weighted by molar-refractivity contribution is -0.123. The van der Waals surface area contributed by atoms with E-state index in [9.17, 15) is 18.0 Å². The van der Waals surface area contributed by atoms with Gasteiger partial charge in [0.2, 0.25) is 21.8 Å². The molecule has 0 aromatic heterocycles. The molecule has 2 heterocycles. The number of morpholine rings is 1. The molecular formula is C24H29N3O5S2. The van der Waals surface area contributed by atoms with Crippen molar-refractivity contribution in [1.29, 1.82) is 0 Å². The third kappa shape index (κ3) is 5.00. The predicted octanol–water partition coefficient (Wildman–Crippen LogP) is 3.04. The van der Waals surface area contributed by atoms with Gasteiger partial charge < -0.3 is 15.0 Å². The number of amides is 2. The van der Waals surface area contributed by atoms with Crippen LogP contribution in [0.5, 0.6) is 0 Å². The lowest BCUT2D eigenvalue weighted by Crippen LogP contribution is -2.42. The Balaban J connectivity index is 1.66. The standard InChI is InChI=1S/C24H29N3O5S2/c1-16-5-4-6-20(18(16)3)25-23(28)14-27-21-13-19(34(30,31)26-9-11-32-12-10-26)7-8-22(21)33-15-17(2)24(27)29/h4-8,13,17H,9-12,14-15H2,1-3H3,(H,25,28)/t17-/m0/s1. The molecule has 4 rings (SSSR count). The number of thioether (sulfide) groups is 1. The minimum Gasteiger partial charge on any atom is -0.379 e. The average Bonchev–Trinajstić information content (AvgIpc) is 2.94. The highest BCUT2D eigenvalue weighted by atomic mass is 32.2. The summed E-state index contributed by atoms with van der Waals surface area (Å²) in [4.78, 5) is 28.5. The van der Waals surface area contributed by atoms with Gasteiger partial charge in [-0.2, -0.15) is 4.31 Å². The van der Waals surface area contributed by atoms with Crippen LogP contribution in [-0.4, -0.2) is 63.1 Å². The normalized spacial score (nSPS) is 19.4. The minimum atomic E-state index is -3.74. The fourth-order valence-electron chi connectivity index (χ4n) is 3.98. The zero-order valence-electron chi connectivity index (χ0n) is 19.5. The molecule has 2 aliphatic heterocycles. The first-order valence-electron chi connectivity index (χ1n) is 11.2. The number of ether oxygens (including phenoxy) is 1. The summed E-state index contributed by atoms with van der Waals surface area (Å²) in [6, 6.07) is 10.5. The molecule has 8 nitrogen and oxygen atoms in total. The largest absolute Gasteiger partial charge is 0.379 e. The van der Waals surface area contributed by atoms with Crippen LogP contribution in [0.25, 0.3) is 0 Å². The Labute approximate surface area is 204 Å². The Morgan fingerprint density at radius 2 is 1.91 bits per heavy atom. The van der Waals surface area contributed by atoms with E-state index in [0.29, 0.717) is 30.3 Å². The van der Waals surface area contributed by atoms with Gasteiger partial charge in [-0.25, -0.2) is 8.42 Å². The van der Waals surface area contributed by atoms with E-state index >= 15 is 0 Å². The third-order valence-electron chi connectivity index (χ3n) is 6.19. The summed E-state index contributed by atoms with van der Waals surface area (Å²) in [5.74, 6) is -0.307. The van der Waals surface area contributed by atoms with Gasteiger partial charge in [0.25, 0.3) is 0 Å². The first-order valence-corrected chi connectivity index (χ1v) is 13.6. The van der Waals surface area contributed by atoms with Crippen LogP contribution in [0.3, 0.4) is 0 Å². The van der Waals surface area contributed by atoms with E-state index < -0.39 is 10.0 Å². The van der Waals surface area contributed by atoms with Gasteiger partial charge in [-0.15, -0.1) is 11.8 Å². The molecule has 2 aromatic carbocycles. The maximum Gasteiger partial charge on any atom is 0.244 e. The van der Waals surface area contributed by atoms with Gasteiger partial charge in [0.1, 0.15) is 6.54 Å². The highest BCUT2D eigenvalue weighted by molar-refractivity contribution is 7.99. The summed E-state index contributed by atoms with van der Waals surface area (Å²) in [5.41, 5.74) is 3.15. The Bertz CT molecular complexity index is 1210. The van der Waals surface area contributed by atoms with Crippen LogP contribution in [0.15, 0.2) is 46.2 Å². The van der Waals surface area contributed by atoms with E-state index in [2.05, 4.69) is 5.32 Å². The number of hydrogen-bond acceptors (Lipinski definition) is 6. The zero-order chi connectivity index (χ0) is 24.5. The van der Waals surface area contributed by atoms with Crippen LogP contribution < -0.4 is 10.2 Å². The van der Waals surface area contributed by atoms with Crippen LogP contribution in [0.1, 0.15) is 18.1 Å². The molecule has 0 saturated carbocycles. The van der Waals surface area contributed by atoms with Crippen LogP contribution in [-0.2, 0) is 24.3 Å². The van der Waals surface area contributed by atoms with E-state index in [0.717, 1.165) is 16.0 Å². The SMILES string of the molecule is Cc1cccc(NC(=O)CN2C(=O)[C@@H](C)CSc3ccc(S(=O)(=O)N4CCOCC4)cc32)c1C. The summed E-state index contributed by atoms with van der Waals surface area (Å²) >= 11 is 1.49. The number of rotatable bonds is 5. The molecule has 0 bridgehead atoms. The topological polar surface area (TPSA) is 96.0 Å². The number of fused-ring (bicyclic) bond motifs is 1. The van der Waals surface area contributed by atoms with Crippen molar-refractivity contribution in [2.75, 3.05) is 48.8 Å². The smallest absolute Gasteiger partial charge is 0.244 e. The van der Waals surface area contributed by atoms with Crippen molar-refractivity contribution >= 4 is 45.0 Å². The zero-order valence-corrected chi connectivity index (χ0v) is 21.2. The van der Waals surface area contributed by atoms with Crippen molar-refractivity contribution < 1.29 is 22.7 Å². The number of nitrogens with zero attached hydrogens (tertiary/aromatic N) is 2. The second-order valence-corrected chi connectivity index (χ2v) is 11.6. The van der Waals surface area contributed by atoms with Gasteiger partial charge in [0, 0.05) is 35.3 Å². The van der Waals surface area contributed by atoms with Crippen molar-refractivity contribution in [2.24, 2.45) is 5.92 Å². The Morgan fingerprint density at radius 3 is 2.65 bits per heavy atom. The predicted molar refractivity (Wildman–Crippen MR) is 133 cm³/mol. The van der Waals surface area contributed by atoms with Crippen LogP contribution >= 0.6 is 11.8 Å². The van der Waals surface area contributed by atoms with Crippen molar-refractivity contribution in [2.45, 2.75) is 30.6 Å². The van der Waals surface area contributed by atoms with Crippen LogP contribution in [0.4, 0.5) is 11.4 Å². The minimum absolute atomic E-state index is 0.107. The number of benzene rings is 2. The van der Waals surface area contributed by atoms with Crippen molar-refractivity contribution in [1.82, 2.24) is 4.31 Å². The summed E-state index contributed by atoms with van der Waals surface area (Å²) in [6.45, 7) is 6.78. The van der Waals surface area contributed by atoms with E-state index in [1.54, 1.807) is 12.1 Å². The average molecular weight is 504 g/mol. The fourth-order valence-corrected chi connectivity index (χ4v) is 6.46. The van der Waals surface area contributed by atoms with Crippen molar-refractivity contribution in [3.63, 3.8) is 0 Å². The van der Waals surface area contributed by atoms with Crippen LogP contribution in [0.2, 0.25) is 0 Å². The Kier molecular flexibility index (Phi) is 7.32. The van der Waals surface area contributed by atoms with E-state index in [1.165, 1.54) is 27.0 Å². The van der Waals surface area contributed by atoms with Gasteiger partial charge in [0.15, 0.2) is 0 Å². The lowest BCUT2D eigenvalue weighted by atomic mass is 10.1.